The second-order valence-corrected chi connectivity index (χ2v) is 11.7. The Labute approximate surface area is 235 Å². The maximum atomic E-state index is 13.1. The van der Waals surface area contributed by atoms with Crippen LogP contribution in [0.5, 0.6) is 11.5 Å². The van der Waals surface area contributed by atoms with Gasteiger partial charge in [0, 0.05) is 18.8 Å². The van der Waals surface area contributed by atoms with Gasteiger partial charge >= 0.3 is 0 Å². The third kappa shape index (κ3) is 7.78. The zero-order chi connectivity index (χ0) is 27.7. The zero-order valence-corrected chi connectivity index (χ0v) is 23.5. The van der Waals surface area contributed by atoms with E-state index in [4.69, 9.17) is 21.7 Å². The number of amides is 1. The molecule has 1 fully saturated rings. The lowest BCUT2D eigenvalue weighted by molar-refractivity contribution is 0.0972. The largest absolute Gasteiger partial charge is 0.490 e. The molecule has 0 saturated heterocycles. The lowest BCUT2D eigenvalue weighted by Gasteiger charge is -2.30. The van der Waals surface area contributed by atoms with Crippen LogP contribution in [0.3, 0.4) is 0 Å². The van der Waals surface area contributed by atoms with Gasteiger partial charge in [-0.25, -0.2) is 8.42 Å². The Hall–Kier alpha value is -3.47. The highest BCUT2D eigenvalue weighted by atomic mass is 32.2. The van der Waals surface area contributed by atoms with Gasteiger partial charge in [-0.05, 0) is 73.6 Å². The van der Waals surface area contributed by atoms with Gasteiger partial charge in [0.1, 0.15) is 24.7 Å². The molecular formula is C29H33N3O5S2. The second-order valence-electron chi connectivity index (χ2n) is 9.25. The number of anilines is 1. The molecule has 0 unspecified atom stereocenters. The Kier molecular flexibility index (Phi) is 9.91. The monoisotopic (exact) mass is 567 g/mol. The van der Waals surface area contributed by atoms with Gasteiger partial charge in [0.05, 0.1) is 10.5 Å². The zero-order valence-electron chi connectivity index (χ0n) is 21.8. The smallest absolute Gasteiger partial charge is 0.261 e. The van der Waals surface area contributed by atoms with Crippen LogP contribution in [0.1, 0.15) is 42.5 Å². The summed E-state index contributed by atoms with van der Waals surface area (Å²) in [4.78, 5) is 13.1. The highest BCUT2D eigenvalue weighted by Gasteiger charge is 2.29. The van der Waals surface area contributed by atoms with Crippen LogP contribution < -0.4 is 20.1 Å². The van der Waals surface area contributed by atoms with E-state index in [1.807, 2.05) is 30.3 Å². The van der Waals surface area contributed by atoms with Crippen molar-refractivity contribution in [3.8, 4) is 11.5 Å². The molecule has 10 heteroatoms. The molecule has 3 aromatic rings. The molecule has 0 aliphatic heterocycles. The molecule has 2 N–H and O–H groups in total. The fraction of sp³-hybridized carbons (Fsp3) is 0.310. The first kappa shape index (κ1) is 28.5. The topological polar surface area (TPSA) is 97.0 Å². The summed E-state index contributed by atoms with van der Waals surface area (Å²) < 4.78 is 39.0. The lowest BCUT2D eigenvalue weighted by Crippen LogP contribution is -2.38. The molecule has 0 aromatic heterocycles. The van der Waals surface area contributed by atoms with E-state index in [0.717, 1.165) is 37.9 Å². The summed E-state index contributed by atoms with van der Waals surface area (Å²) in [5.74, 6) is 0.719. The summed E-state index contributed by atoms with van der Waals surface area (Å²) in [6.07, 6.45) is 5.03. The molecule has 1 saturated carbocycles. The average Bonchev–Trinajstić information content (AvgIpc) is 2.96. The molecule has 0 heterocycles. The lowest BCUT2D eigenvalue weighted by atomic mass is 9.96. The van der Waals surface area contributed by atoms with Gasteiger partial charge in [0.15, 0.2) is 5.11 Å². The minimum atomic E-state index is -3.59. The van der Waals surface area contributed by atoms with Crippen molar-refractivity contribution < 1.29 is 22.7 Å². The minimum Gasteiger partial charge on any atom is -0.490 e. The Bertz CT molecular complexity index is 1360. The van der Waals surface area contributed by atoms with Gasteiger partial charge in [-0.2, -0.15) is 4.31 Å². The molecule has 0 bridgehead atoms. The van der Waals surface area contributed by atoms with E-state index in [2.05, 4.69) is 10.6 Å². The van der Waals surface area contributed by atoms with Crippen LogP contribution in [0.25, 0.3) is 0 Å². The molecule has 0 spiro atoms. The Balaban J connectivity index is 1.30. The number of hydrogen-bond donors (Lipinski definition) is 2. The van der Waals surface area contributed by atoms with Crippen LogP contribution >= 0.6 is 12.2 Å². The number of carbonyl (C=O) groups excluding carboxylic acids is 1. The predicted molar refractivity (Wildman–Crippen MR) is 156 cm³/mol. The highest BCUT2D eigenvalue weighted by molar-refractivity contribution is 7.89. The molecule has 39 heavy (non-hydrogen) atoms. The van der Waals surface area contributed by atoms with Gasteiger partial charge in [-0.3, -0.25) is 10.1 Å². The number of ether oxygens (including phenoxy) is 2. The number of nitrogens with one attached hydrogen (secondary N) is 2. The van der Waals surface area contributed by atoms with Crippen molar-refractivity contribution in [3.05, 3.63) is 84.4 Å². The van der Waals surface area contributed by atoms with Crippen molar-refractivity contribution in [2.24, 2.45) is 0 Å². The third-order valence-electron chi connectivity index (χ3n) is 6.59. The summed E-state index contributed by atoms with van der Waals surface area (Å²) in [6, 6.07) is 22.7. The molecule has 0 radical (unpaired) electrons. The Morgan fingerprint density at radius 1 is 0.897 bits per heavy atom. The standard InChI is InChI=1S/C29H33N3O5S2/c1-32(23-10-4-2-5-11-23)39(34,35)25-18-16-22(17-19-25)30-29(38)31-28(33)26-14-8-9-15-27(26)37-21-20-36-24-12-6-3-7-13-24/h3,6-9,12-19,23H,2,4-5,10-11,20-21H2,1H3,(H2,30,31,33,38). The SMILES string of the molecule is CN(C1CCCCC1)S(=O)(=O)c1ccc(NC(=S)NC(=O)c2ccccc2OCCOc2ccccc2)cc1. The molecule has 1 aliphatic rings. The normalized spacial score (nSPS) is 14.0. The number of rotatable bonds is 10. The number of para-hydroxylation sites is 2. The maximum Gasteiger partial charge on any atom is 0.261 e. The van der Waals surface area contributed by atoms with E-state index in [0.29, 0.717) is 23.6 Å². The summed E-state index contributed by atoms with van der Waals surface area (Å²) in [6.45, 7) is 0.579. The van der Waals surface area contributed by atoms with Crippen molar-refractivity contribution in [1.82, 2.24) is 9.62 Å². The first-order valence-corrected chi connectivity index (χ1v) is 14.8. The van der Waals surface area contributed by atoms with Crippen LogP contribution in [0, 0.1) is 0 Å². The predicted octanol–water partition coefficient (Wildman–Crippen LogP) is 5.22. The quantitative estimate of drug-likeness (QED) is 0.256. The highest BCUT2D eigenvalue weighted by Crippen LogP contribution is 2.27. The molecule has 0 atom stereocenters. The van der Waals surface area contributed by atoms with Crippen molar-refractivity contribution in [2.45, 2.75) is 43.0 Å². The van der Waals surface area contributed by atoms with Crippen LogP contribution in [0.4, 0.5) is 5.69 Å². The molecule has 8 nitrogen and oxygen atoms in total. The van der Waals surface area contributed by atoms with E-state index in [9.17, 15) is 13.2 Å². The van der Waals surface area contributed by atoms with Crippen molar-refractivity contribution >= 4 is 38.9 Å². The fourth-order valence-corrected chi connectivity index (χ4v) is 6.08. The second kappa shape index (κ2) is 13.5. The van der Waals surface area contributed by atoms with E-state index in [1.165, 1.54) is 4.31 Å². The summed E-state index contributed by atoms with van der Waals surface area (Å²) in [5.41, 5.74) is 0.885. The van der Waals surface area contributed by atoms with Crippen molar-refractivity contribution in [2.75, 3.05) is 25.6 Å². The molecule has 206 valence electrons. The first-order valence-electron chi connectivity index (χ1n) is 12.9. The number of sulfonamides is 1. The number of benzene rings is 3. The van der Waals surface area contributed by atoms with Crippen molar-refractivity contribution in [1.29, 1.82) is 0 Å². The first-order chi connectivity index (χ1) is 18.8. The van der Waals surface area contributed by atoms with E-state index in [1.54, 1.807) is 55.6 Å². The summed E-state index contributed by atoms with van der Waals surface area (Å²) in [5, 5.41) is 5.67. The van der Waals surface area contributed by atoms with Gasteiger partial charge in [-0.1, -0.05) is 49.6 Å². The molecule has 3 aromatic carbocycles. The summed E-state index contributed by atoms with van der Waals surface area (Å²) in [7, 11) is -1.94. The number of thiocarbonyl (C=S) groups is 1. The number of carbonyl (C=O) groups is 1. The van der Waals surface area contributed by atoms with E-state index < -0.39 is 15.9 Å². The fourth-order valence-electron chi connectivity index (χ4n) is 4.46. The van der Waals surface area contributed by atoms with Gasteiger partial charge in [0.25, 0.3) is 5.91 Å². The summed E-state index contributed by atoms with van der Waals surface area (Å²) >= 11 is 5.32. The molecule has 1 aliphatic carbocycles. The molecule has 1 amide bonds. The van der Waals surface area contributed by atoms with Gasteiger partial charge in [0.2, 0.25) is 10.0 Å². The Morgan fingerprint density at radius 2 is 1.54 bits per heavy atom. The average molecular weight is 568 g/mol. The number of hydrogen-bond acceptors (Lipinski definition) is 6. The molecule has 4 rings (SSSR count). The molecular weight excluding hydrogens is 534 g/mol. The van der Waals surface area contributed by atoms with E-state index in [-0.39, 0.29) is 22.7 Å². The number of nitrogens with zero attached hydrogens (tertiary/aromatic N) is 1. The van der Waals surface area contributed by atoms with Gasteiger partial charge < -0.3 is 14.8 Å². The van der Waals surface area contributed by atoms with E-state index >= 15 is 0 Å². The van der Waals surface area contributed by atoms with Crippen molar-refractivity contribution in [3.63, 3.8) is 0 Å². The Morgan fingerprint density at radius 3 is 2.26 bits per heavy atom. The maximum absolute atomic E-state index is 13.1. The van der Waals surface area contributed by atoms with Crippen LogP contribution in [-0.4, -0.2) is 50.0 Å². The minimum absolute atomic E-state index is 0.0348. The van der Waals surface area contributed by atoms with Crippen LogP contribution in [0.2, 0.25) is 0 Å². The van der Waals surface area contributed by atoms with Crippen LogP contribution in [-0.2, 0) is 10.0 Å². The third-order valence-corrected chi connectivity index (χ3v) is 8.72. The van der Waals surface area contributed by atoms with Gasteiger partial charge in [-0.15, -0.1) is 0 Å². The van der Waals surface area contributed by atoms with Crippen LogP contribution in [0.15, 0.2) is 83.8 Å².